The number of pyridine rings is 1. The van der Waals surface area contributed by atoms with Gasteiger partial charge in [-0.05, 0) is 37.8 Å². The molecule has 4 heterocycles. The van der Waals surface area contributed by atoms with Crippen molar-refractivity contribution in [2.75, 3.05) is 13.1 Å². The van der Waals surface area contributed by atoms with Crippen molar-refractivity contribution in [3.05, 3.63) is 34.5 Å². The zero-order valence-electron chi connectivity index (χ0n) is 14.3. The molecular weight excluding hydrogens is 320 g/mol. The smallest absolute Gasteiger partial charge is 0.297 e. The number of hydrogen-bond acceptors (Lipinski definition) is 5. The number of aromatic nitrogens is 5. The molecule has 4 rings (SSSR count). The Kier molecular flexibility index (Phi) is 3.74. The summed E-state index contributed by atoms with van der Waals surface area (Å²) in [6.45, 7) is 5.42. The number of hydrogen-bond donors (Lipinski definition) is 0. The van der Waals surface area contributed by atoms with E-state index in [-0.39, 0.29) is 23.7 Å². The zero-order valence-corrected chi connectivity index (χ0v) is 14.3. The third-order valence-electron chi connectivity index (χ3n) is 4.83. The van der Waals surface area contributed by atoms with E-state index in [2.05, 4.69) is 22.1 Å². The second-order valence-electron chi connectivity index (χ2n) is 6.73. The summed E-state index contributed by atoms with van der Waals surface area (Å²) in [6.07, 6.45) is 3.80. The molecule has 3 aromatic heterocycles. The lowest BCUT2D eigenvalue weighted by Crippen LogP contribution is -2.42. The van der Waals surface area contributed by atoms with Crippen LogP contribution in [0.4, 0.5) is 0 Å². The third-order valence-corrected chi connectivity index (χ3v) is 4.83. The fourth-order valence-corrected chi connectivity index (χ4v) is 3.56. The summed E-state index contributed by atoms with van der Waals surface area (Å²) in [5.74, 6) is 1.05. The van der Waals surface area contributed by atoms with Gasteiger partial charge in [-0.15, -0.1) is 10.2 Å². The van der Waals surface area contributed by atoms with Gasteiger partial charge in [-0.3, -0.25) is 18.6 Å². The molecule has 8 heteroatoms. The first-order valence-corrected chi connectivity index (χ1v) is 8.53. The molecule has 8 nitrogen and oxygen atoms in total. The standard InChI is InChI=1S/C17H20N6O2/c1-11-5-4-8-21(9-11)14(24)10-22-13-6-3-7-18-15(13)23-12(2)19-20-16(23)17(22)25/h3,6-7,11H,4-5,8-10H2,1-2H3. The van der Waals surface area contributed by atoms with Crippen molar-refractivity contribution >= 4 is 22.7 Å². The van der Waals surface area contributed by atoms with Crippen LogP contribution in [-0.4, -0.2) is 48.0 Å². The van der Waals surface area contributed by atoms with Crippen molar-refractivity contribution in [1.82, 2.24) is 29.0 Å². The van der Waals surface area contributed by atoms with E-state index in [0.717, 1.165) is 25.9 Å². The number of nitrogens with zero attached hydrogens (tertiary/aromatic N) is 6. The number of piperidine rings is 1. The SMILES string of the molecule is Cc1nnc2c(=O)n(CC(=O)N3CCCC(C)C3)c3cccnc3n12. The zero-order chi connectivity index (χ0) is 17.6. The molecular formula is C17H20N6O2. The van der Waals surface area contributed by atoms with Gasteiger partial charge in [0, 0.05) is 19.3 Å². The van der Waals surface area contributed by atoms with E-state index < -0.39 is 0 Å². The van der Waals surface area contributed by atoms with Crippen LogP contribution < -0.4 is 5.56 Å². The Morgan fingerprint density at radius 1 is 1.32 bits per heavy atom. The highest BCUT2D eigenvalue weighted by Crippen LogP contribution is 2.17. The van der Waals surface area contributed by atoms with Crippen molar-refractivity contribution in [3.8, 4) is 0 Å². The molecule has 1 saturated heterocycles. The first-order chi connectivity index (χ1) is 12.1. The van der Waals surface area contributed by atoms with Crippen molar-refractivity contribution < 1.29 is 4.79 Å². The van der Waals surface area contributed by atoms with Gasteiger partial charge in [0.2, 0.25) is 11.6 Å². The Bertz CT molecular complexity index is 1020. The van der Waals surface area contributed by atoms with E-state index in [9.17, 15) is 9.59 Å². The van der Waals surface area contributed by atoms with Crippen LogP contribution in [0.25, 0.3) is 16.8 Å². The summed E-state index contributed by atoms with van der Waals surface area (Å²) in [5.41, 5.74) is 1.07. The van der Waals surface area contributed by atoms with E-state index in [1.165, 1.54) is 4.57 Å². The maximum Gasteiger partial charge on any atom is 0.297 e. The van der Waals surface area contributed by atoms with Crippen LogP contribution in [0.2, 0.25) is 0 Å². The molecule has 1 unspecified atom stereocenters. The van der Waals surface area contributed by atoms with Gasteiger partial charge in [-0.25, -0.2) is 4.98 Å². The highest BCUT2D eigenvalue weighted by Gasteiger charge is 2.23. The summed E-state index contributed by atoms with van der Waals surface area (Å²) < 4.78 is 3.11. The lowest BCUT2D eigenvalue weighted by Gasteiger charge is -2.31. The molecule has 0 aliphatic carbocycles. The maximum atomic E-state index is 12.9. The number of carbonyl (C=O) groups is 1. The van der Waals surface area contributed by atoms with Crippen molar-refractivity contribution in [2.45, 2.75) is 33.2 Å². The predicted octanol–water partition coefficient (Wildman–Crippen LogP) is 1.01. The van der Waals surface area contributed by atoms with Gasteiger partial charge in [0.05, 0.1) is 5.52 Å². The van der Waals surface area contributed by atoms with Crippen LogP contribution in [0, 0.1) is 12.8 Å². The van der Waals surface area contributed by atoms with Crippen LogP contribution in [0.3, 0.4) is 0 Å². The van der Waals surface area contributed by atoms with Gasteiger partial charge in [0.25, 0.3) is 5.56 Å². The quantitative estimate of drug-likeness (QED) is 0.695. The van der Waals surface area contributed by atoms with Gasteiger partial charge < -0.3 is 4.90 Å². The Balaban J connectivity index is 1.82. The summed E-state index contributed by atoms with van der Waals surface area (Å²) in [7, 11) is 0. The summed E-state index contributed by atoms with van der Waals surface area (Å²) in [4.78, 5) is 31.9. The van der Waals surface area contributed by atoms with E-state index >= 15 is 0 Å². The van der Waals surface area contributed by atoms with Crippen LogP contribution >= 0.6 is 0 Å². The fraction of sp³-hybridized carbons (Fsp3) is 0.471. The number of fused-ring (bicyclic) bond motifs is 3. The monoisotopic (exact) mass is 340 g/mol. The molecule has 0 N–H and O–H groups in total. The molecule has 0 spiro atoms. The van der Waals surface area contributed by atoms with Gasteiger partial charge in [-0.2, -0.15) is 0 Å². The van der Waals surface area contributed by atoms with E-state index in [4.69, 9.17) is 0 Å². The van der Waals surface area contributed by atoms with Crippen molar-refractivity contribution in [2.24, 2.45) is 5.92 Å². The van der Waals surface area contributed by atoms with Crippen LogP contribution in [0.1, 0.15) is 25.6 Å². The first-order valence-electron chi connectivity index (χ1n) is 8.53. The normalized spacial score (nSPS) is 18.2. The third kappa shape index (κ3) is 2.57. The van der Waals surface area contributed by atoms with Crippen LogP contribution in [0.5, 0.6) is 0 Å². The van der Waals surface area contributed by atoms with Crippen molar-refractivity contribution in [1.29, 1.82) is 0 Å². The molecule has 0 radical (unpaired) electrons. The highest BCUT2D eigenvalue weighted by molar-refractivity contribution is 5.80. The molecule has 3 aromatic rings. The average molecular weight is 340 g/mol. The molecule has 130 valence electrons. The molecule has 1 aliphatic rings. The summed E-state index contributed by atoms with van der Waals surface area (Å²) in [5, 5.41) is 7.97. The molecule has 25 heavy (non-hydrogen) atoms. The second-order valence-corrected chi connectivity index (χ2v) is 6.73. The van der Waals surface area contributed by atoms with Crippen LogP contribution in [0.15, 0.2) is 23.1 Å². The maximum absolute atomic E-state index is 12.9. The van der Waals surface area contributed by atoms with Gasteiger partial charge >= 0.3 is 0 Å². The van der Waals surface area contributed by atoms with E-state index in [1.807, 2.05) is 4.90 Å². The second kappa shape index (κ2) is 5.94. The number of carbonyl (C=O) groups excluding carboxylic acids is 1. The fourth-order valence-electron chi connectivity index (χ4n) is 3.56. The minimum atomic E-state index is -0.320. The molecule has 0 saturated carbocycles. The highest BCUT2D eigenvalue weighted by atomic mass is 16.2. The Labute approximate surface area is 144 Å². The molecule has 1 amide bonds. The Hall–Kier alpha value is -2.77. The van der Waals surface area contributed by atoms with Crippen LogP contribution in [-0.2, 0) is 11.3 Å². The number of rotatable bonds is 2. The predicted molar refractivity (Wildman–Crippen MR) is 92.3 cm³/mol. The van der Waals surface area contributed by atoms with Crippen molar-refractivity contribution in [3.63, 3.8) is 0 Å². The number of likely N-dealkylation sites (tertiary alicyclic amines) is 1. The molecule has 1 atom stereocenters. The lowest BCUT2D eigenvalue weighted by atomic mass is 10.0. The molecule has 1 aliphatic heterocycles. The molecule has 0 aromatic carbocycles. The topological polar surface area (TPSA) is 85.4 Å². The minimum Gasteiger partial charge on any atom is -0.341 e. The largest absolute Gasteiger partial charge is 0.341 e. The minimum absolute atomic E-state index is 0.00382. The molecule has 1 fully saturated rings. The Morgan fingerprint density at radius 3 is 2.96 bits per heavy atom. The Morgan fingerprint density at radius 2 is 2.16 bits per heavy atom. The van der Waals surface area contributed by atoms with Gasteiger partial charge in [-0.1, -0.05) is 6.92 Å². The van der Waals surface area contributed by atoms with E-state index in [0.29, 0.717) is 22.9 Å². The summed E-state index contributed by atoms with van der Waals surface area (Å²) in [6, 6.07) is 3.56. The average Bonchev–Trinajstić information content (AvgIpc) is 3.00. The number of amides is 1. The number of aryl methyl sites for hydroxylation is 1. The van der Waals surface area contributed by atoms with E-state index in [1.54, 1.807) is 29.7 Å². The van der Waals surface area contributed by atoms with Gasteiger partial charge in [0.1, 0.15) is 12.4 Å². The summed E-state index contributed by atoms with van der Waals surface area (Å²) >= 11 is 0. The lowest BCUT2D eigenvalue weighted by molar-refractivity contribution is -0.133. The molecule has 0 bridgehead atoms. The first kappa shape index (κ1) is 15.7. The van der Waals surface area contributed by atoms with Gasteiger partial charge in [0.15, 0.2) is 5.65 Å².